The monoisotopic (exact) mass is 460 g/mol. The topological polar surface area (TPSA) is 66.2 Å². The minimum Gasteiger partial charge on any atom is -0.370 e. The number of benzene rings is 2. The zero-order valence-corrected chi connectivity index (χ0v) is 17.1. The Balaban J connectivity index is 0.00000196. The van der Waals surface area contributed by atoms with Gasteiger partial charge in [-0.1, -0.05) is 30.3 Å². The van der Waals surface area contributed by atoms with Gasteiger partial charge < -0.3 is 16.0 Å². The third-order valence-electron chi connectivity index (χ3n) is 5.00. The highest BCUT2D eigenvalue weighted by Gasteiger charge is 2.13. The minimum absolute atomic E-state index is 0. The molecule has 0 aliphatic heterocycles. The quantitative estimate of drug-likeness (QED) is 0.302. The highest BCUT2D eigenvalue weighted by molar-refractivity contribution is 14.0. The zero-order chi connectivity index (χ0) is 17.1. The van der Waals surface area contributed by atoms with Gasteiger partial charge in [-0.25, -0.2) is 0 Å². The van der Waals surface area contributed by atoms with Crippen molar-refractivity contribution in [3.8, 4) is 0 Å². The Kier molecular flexibility index (Phi) is 6.19. The number of fused-ring (bicyclic) bond motifs is 2. The van der Waals surface area contributed by atoms with Crippen molar-refractivity contribution in [1.82, 2.24) is 4.98 Å². The van der Waals surface area contributed by atoms with Crippen LogP contribution in [-0.2, 0) is 19.3 Å². The van der Waals surface area contributed by atoms with Crippen LogP contribution < -0.4 is 11.1 Å². The van der Waals surface area contributed by atoms with E-state index in [-0.39, 0.29) is 24.0 Å². The predicted molar refractivity (Wildman–Crippen MR) is 121 cm³/mol. The maximum Gasteiger partial charge on any atom is 0.193 e. The fraction of sp³-hybridized carbons (Fsp3) is 0.286. The van der Waals surface area contributed by atoms with Crippen LogP contribution in [0.1, 0.15) is 29.5 Å². The van der Waals surface area contributed by atoms with E-state index in [1.807, 2.05) is 6.07 Å². The van der Waals surface area contributed by atoms with Gasteiger partial charge >= 0.3 is 0 Å². The van der Waals surface area contributed by atoms with Gasteiger partial charge in [0.05, 0.1) is 0 Å². The Hall–Kier alpha value is -2.02. The van der Waals surface area contributed by atoms with Crippen molar-refractivity contribution in [3.05, 3.63) is 65.4 Å². The van der Waals surface area contributed by atoms with Crippen LogP contribution in [0.2, 0.25) is 0 Å². The smallest absolute Gasteiger partial charge is 0.193 e. The van der Waals surface area contributed by atoms with Gasteiger partial charge in [0, 0.05) is 29.3 Å². The number of hydrogen-bond donors (Lipinski definition) is 3. The number of rotatable bonds is 4. The molecule has 1 heterocycles. The third kappa shape index (κ3) is 4.03. The van der Waals surface area contributed by atoms with E-state index in [0.717, 1.165) is 18.5 Å². The molecule has 0 bridgehead atoms. The van der Waals surface area contributed by atoms with Gasteiger partial charge in [-0.2, -0.15) is 0 Å². The molecule has 1 aliphatic carbocycles. The Labute approximate surface area is 171 Å². The summed E-state index contributed by atoms with van der Waals surface area (Å²) in [4.78, 5) is 7.82. The van der Waals surface area contributed by atoms with Gasteiger partial charge in [-0.3, -0.25) is 4.99 Å². The number of nitrogens with two attached hydrogens (primary N) is 1. The van der Waals surface area contributed by atoms with Crippen molar-refractivity contribution in [1.29, 1.82) is 0 Å². The van der Waals surface area contributed by atoms with Gasteiger partial charge in [0.2, 0.25) is 0 Å². The Morgan fingerprint density at radius 3 is 2.85 bits per heavy atom. The second-order valence-electron chi connectivity index (χ2n) is 6.65. The molecule has 4 N–H and O–H groups in total. The van der Waals surface area contributed by atoms with E-state index in [9.17, 15) is 0 Å². The molecule has 5 heteroatoms. The van der Waals surface area contributed by atoms with Gasteiger partial charge in [0.25, 0.3) is 0 Å². The van der Waals surface area contributed by atoms with Gasteiger partial charge in [-0.15, -0.1) is 24.0 Å². The van der Waals surface area contributed by atoms with Crippen LogP contribution in [0.3, 0.4) is 0 Å². The molecule has 4 nitrogen and oxygen atoms in total. The number of H-pyrrole nitrogens is 1. The number of nitrogens with one attached hydrogen (secondary N) is 2. The summed E-state index contributed by atoms with van der Waals surface area (Å²) in [5, 5.41) is 4.57. The molecule has 3 aromatic rings. The number of guanidine groups is 1. The summed E-state index contributed by atoms with van der Waals surface area (Å²) in [6.45, 7) is 0.676. The summed E-state index contributed by atoms with van der Waals surface area (Å²) in [7, 11) is 0. The summed E-state index contributed by atoms with van der Waals surface area (Å²) >= 11 is 0. The number of para-hydroxylation sites is 1. The Morgan fingerprint density at radius 1 is 1.08 bits per heavy atom. The maximum absolute atomic E-state index is 6.12. The fourth-order valence-corrected chi connectivity index (χ4v) is 3.71. The fourth-order valence-electron chi connectivity index (χ4n) is 3.71. The summed E-state index contributed by atoms with van der Waals surface area (Å²) in [5.74, 6) is 0.499. The van der Waals surface area contributed by atoms with Crippen LogP contribution in [-0.4, -0.2) is 17.5 Å². The number of nitrogens with zero attached hydrogens (tertiary/aromatic N) is 1. The minimum atomic E-state index is 0. The summed E-state index contributed by atoms with van der Waals surface area (Å²) < 4.78 is 0. The van der Waals surface area contributed by atoms with Crippen LogP contribution >= 0.6 is 24.0 Å². The highest BCUT2D eigenvalue weighted by Crippen LogP contribution is 2.27. The van der Waals surface area contributed by atoms with Crippen LogP contribution in [0.5, 0.6) is 0 Å². The van der Waals surface area contributed by atoms with Crippen molar-refractivity contribution >= 4 is 46.5 Å². The number of aromatic nitrogens is 1. The van der Waals surface area contributed by atoms with E-state index in [0.29, 0.717) is 12.5 Å². The lowest BCUT2D eigenvalue weighted by atomic mass is 9.90. The Morgan fingerprint density at radius 2 is 1.92 bits per heavy atom. The molecular weight excluding hydrogens is 435 g/mol. The lowest BCUT2D eigenvalue weighted by Crippen LogP contribution is -2.24. The number of aliphatic imine (C=N–C) groups is 1. The summed E-state index contributed by atoms with van der Waals surface area (Å²) in [6, 6.07) is 14.8. The molecule has 0 unspecified atom stereocenters. The van der Waals surface area contributed by atoms with E-state index < -0.39 is 0 Å². The SMILES string of the molecule is I.NC(=NCCc1c[nH]c2ccccc12)Nc1cccc2c1CCCC2. The van der Waals surface area contributed by atoms with Crippen LogP contribution in [0.25, 0.3) is 10.9 Å². The van der Waals surface area contributed by atoms with E-state index in [1.54, 1.807) is 0 Å². The number of aryl methyl sites for hydroxylation is 1. The second-order valence-corrected chi connectivity index (χ2v) is 6.65. The number of halogens is 1. The normalized spacial score (nSPS) is 13.9. The summed E-state index contributed by atoms with van der Waals surface area (Å²) in [6.07, 6.45) is 7.77. The lowest BCUT2D eigenvalue weighted by Gasteiger charge is -2.19. The summed E-state index contributed by atoms with van der Waals surface area (Å²) in [5.41, 5.74) is 12.5. The molecule has 0 saturated carbocycles. The average molecular weight is 460 g/mol. The van der Waals surface area contributed by atoms with E-state index >= 15 is 0 Å². The van der Waals surface area contributed by atoms with Crippen molar-refractivity contribution in [2.24, 2.45) is 10.7 Å². The zero-order valence-electron chi connectivity index (χ0n) is 14.8. The number of aromatic amines is 1. The molecule has 2 aromatic carbocycles. The van der Waals surface area contributed by atoms with Crippen molar-refractivity contribution < 1.29 is 0 Å². The highest BCUT2D eigenvalue weighted by atomic mass is 127. The maximum atomic E-state index is 6.12. The van der Waals surface area contributed by atoms with Crippen molar-refractivity contribution in [2.45, 2.75) is 32.1 Å². The molecule has 0 atom stereocenters. The van der Waals surface area contributed by atoms with Crippen molar-refractivity contribution in [3.63, 3.8) is 0 Å². The first kappa shape index (κ1) is 18.8. The molecule has 1 aromatic heterocycles. The molecule has 0 saturated heterocycles. The van der Waals surface area contributed by atoms with E-state index in [1.165, 1.54) is 46.9 Å². The first-order valence-corrected chi connectivity index (χ1v) is 9.04. The molecule has 0 amide bonds. The standard InChI is InChI=1S/C21H24N4.HI/c22-21(25-20-11-5-7-15-6-1-2-8-17(15)20)23-13-12-16-14-24-19-10-4-3-9-18(16)19;/h3-5,7,9-11,14,24H,1-2,6,8,12-13H2,(H3,22,23,25);1H. The number of anilines is 1. The molecule has 1 aliphatic rings. The van der Waals surface area contributed by atoms with Gasteiger partial charge in [0.1, 0.15) is 0 Å². The molecule has 4 rings (SSSR count). The van der Waals surface area contributed by atoms with Gasteiger partial charge in [-0.05, 0) is 60.9 Å². The van der Waals surface area contributed by atoms with Crippen LogP contribution in [0, 0.1) is 0 Å². The van der Waals surface area contributed by atoms with Crippen molar-refractivity contribution in [2.75, 3.05) is 11.9 Å². The van der Waals surface area contributed by atoms with Crippen LogP contribution in [0.4, 0.5) is 5.69 Å². The molecule has 0 radical (unpaired) electrons. The second kappa shape index (κ2) is 8.58. The van der Waals surface area contributed by atoms with Crippen LogP contribution in [0.15, 0.2) is 53.7 Å². The lowest BCUT2D eigenvalue weighted by molar-refractivity contribution is 0.687. The molecule has 26 heavy (non-hydrogen) atoms. The molecule has 0 spiro atoms. The average Bonchev–Trinajstić information content (AvgIpc) is 3.05. The largest absolute Gasteiger partial charge is 0.370 e. The molecular formula is C21H25IN4. The third-order valence-corrected chi connectivity index (χ3v) is 5.00. The Bertz CT molecular complexity index is 913. The predicted octanol–water partition coefficient (Wildman–Crippen LogP) is 4.63. The first-order chi connectivity index (χ1) is 12.3. The molecule has 0 fully saturated rings. The van der Waals surface area contributed by atoms with Gasteiger partial charge in [0.15, 0.2) is 5.96 Å². The van der Waals surface area contributed by atoms with E-state index in [4.69, 9.17) is 5.73 Å². The van der Waals surface area contributed by atoms with E-state index in [2.05, 4.69) is 57.9 Å². The first-order valence-electron chi connectivity index (χ1n) is 9.04. The molecule has 136 valence electrons. The number of hydrogen-bond acceptors (Lipinski definition) is 1.